The summed E-state index contributed by atoms with van der Waals surface area (Å²) in [6.45, 7) is 11.7. The lowest BCUT2D eigenvalue weighted by Crippen LogP contribution is -2.42. The summed E-state index contributed by atoms with van der Waals surface area (Å²) in [7, 11) is 0. The molecule has 248 valence electrons. The van der Waals surface area contributed by atoms with E-state index in [1.165, 1.54) is 22.3 Å². The molecule has 47 heavy (non-hydrogen) atoms. The summed E-state index contributed by atoms with van der Waals surface area (Å²) < 4.78 is 11.3. The van der Waals surface area contributed by atoms with Gasteiger partial charge in [-0.1, -0.05) is 105 Å². The zero-order valence-corrected chi connectivity index (χ0v) is 28.3. The molecule has 5 nitrogen and oxygen atoms in total. The Morgan fingerprint density at radius 1 is 0.617 bits per heavy atom. The topological polar surface area (TPSA) is 45.2 Å². The maximum atomic E-state index is 11.0. The van der Waals surface area contributed by atoms with Crippen LogP contribution in [0.5, 0.6) is 11.5 Å². The van der Waals surface area contributed by atoms with Crippen molar-refractivity contribution < 1.29 is 14.6 Å². The van der Waals surface area contributed by atoms with E-state index in [1.807, 2.05) is 30.3 Å². The van der Waals surface area contributed by atoms with Crippen LogP contribution in [0, 0.1) is 0 Å². The summed E-state index contributed by atoms with van der Waals surface area (Å²) >= 11 is 0. The van der Waals surface area contributed by atoms with Crippen molar-refractivity contribution >= 4 is 5.57 Å². The summed E-state index contributed by atoms with van der Waals surface area (Å²) in [4.78, 5) is 4.92. The molecular formula is C42H52N2O3. The molecule has 4 aromatic rings. The van der Waals surface area contributed by atoms with Crippen LogP contribution in [0.3, 0.4) is 0 Å². The van der Waals surface area contributed by atoms with E-state index in [9.17, 15) is 5.11 Å². The van der Waals surface area contributed by atoms with Gasteiger partial charge in [-0.25, -0.2) is 0 Å². The van der Waals surface area contributed by atoms with E-state index >= 15 is 0 Å². The Bertz CT molecular complexity index is 1480. The second-order valence-electron chi connectivity index (χ2n) is 12.7. The van der Waals surface area contributed by atoms with Gasteiger partial charge in [-0.15, -0.1) is 0 Å². The molecule has 0 aliphatic carbocycles. The molecular weight excluding hydrogens is 580 g/mol. The average molecular weight is 633 g/mol. The van der Waals surface area contributed by atoms with Crippen LogP contribution in [-0.2, 0) is 18.7 Å². The highest BCUT2D eigenvalue weighted by Crippen LogP contribution is 2.34. The lowest BCUT2D eigenvalue weighted by Gasteiger charge is -2.38. The van der Waals surface area contributed by atoms with Crippen molar-refractivity contribution in [2.45, 2.75) is 64.6 Å². The number of piperidine rings is 1. The van der Waals surface area contributed by atoms with E-state index in [0.29, 0.717) is 0 Å². The van der Waals surface area contributed by atoms with Crippen LogP contribution in [0.15, 0.2) is 115 Å². The molecule has 0 saturated carbocycles. The Labute approximate surface area is 282 Å². The summed E-state index contributed by atoms with van der Waals surface area (Å²) in [5, 5.41) is 11.0. The Balaban J connectivity index is 0.000000185. The zero-order chi connectivity index (χ0) is 32.7. The van der Waals surface area contributed by atoms with Crippen molar-refractivity contribution in [3.05, 3.63) is 138 Å². The van der Waals surface area contributed by atoms with Gasteiger partial charge in [-0.3, -0.25) is 9.80 Å². The summed E-state index contributed by atoms with van der Waals surface area (Å²) in [6, 6.07) is 37.7. The Morgan fingerprint density at radius 2 is 1.13 bits per heavy atom. The van der Waals surface area contributed by atoms with Crippen molar-refractivity contribution in [1.29, 1.82) is 0 Å². The van der Waals surface area contributed by atoms with Crippen LogP contribution >= 0.6 is 0 Å². The lowest BCUT2D eigenvalue weighted by atomic mass is 9.84. The van der Waals surface area contributed by atoms with E-state index in [2.05, 4.69) is 109 Å². The average Bonchev–Trinajstić information content (AvgIpc) is 3.13. The normalized spacial score (nSPS) is 16.4. The van der Waals surface area contributed by atoms with Gasteiger partial charge < -0.3 is 14.6 Å². The molecule has 4 aromatic carbocycles. The molecule has 0 amide bonds. The van der Waals surface area contributed by atoms with E-state index in [0.717, 1.165) is 102 Å². The molecule has 2 aliphatic heterocycles. The highest BCUT2D eigenvalue weighted by Gasteiger charge is 2.33. The molecule has 1 saturated heterocycles. The second kappa shape index (κ2) is 17.9. The largest absolute Gasteiger partial charge is 0.494 e. The fourth-order valence-corrected chi connectivity index (χ4v) is 6.24. The molecule has 0 atom stereocenters. The predicted octanol–water partition coefficient (Wildman–Crippen LogP) is 8.72. The lowest BCUT2D eigenvalue weighted by molar-refractivity contribution is -0.0277. The van der Waals surface area contributed by atoms with Gasteiger partial charge in [-0.2, -0.15) is 0 Å². The zero-order valence-electron chi connectivity index (χ0n) is 28.3. The van der Waals surface area contributed by atoms with Crippen molar-refractivity contribution in [1.82, 2.24) is 9.80 Å². The Kier molecular flexibility index (Phi) is 13.1. The highest BCUT2D eigenvalue weighted by molar-refractivity contribution is 5.67. The fraction of sp³-hybridized carbons (Fsp3) is 0.381. The number of nitrogens with zero attached hydrogens (tertiary/aromatic N) is 2. The van der Waals surface area contributed by atoms with Gasteiger partial charge in [0.05, 0.1) is 18.8 Å². The molecule has 6 rings (SSSR count). The number of hydrogen-bond donors (Lipinski definition) is 1. The smallest absolute Gasteiger partial charge is 0.119 e. The first-order valence-corrected chi connectivity index (χ1v) is 17.4. The van der Waals surface area contributed by atoms with Crippen molar-refractivity contribution in [2.75, 3.05) is 39.4 Å². The maximum absolute atomic E-state index is 11.0. The first-order chi connectivity index (χ1) is 23.0. The molecule has 1 N–H and O–H groups in total. The van der Waals surface area contributed by atoms with Gasteiger partial charge in [0.25, 0.3) is 0 Å². The molecule has 0 aromatic heterocycles. The maximum Gasteiger partial charge on any atom is 0.119 e. The number of likely N-dealkylation sites (tertiary alicyclic amines) is 1. The van der Waals surface area contributed by atoms with Gasteiger partial charge in [-0.05, 0) is 84.2 Å². The second-order valence-corrected chi connectivity index (χ2v) is 12.7. The molecule has 0 radical (unpaired) electrons. The summed E-state index contributed by atoms with van der Waals surface area (Å²) in [6.07, 6.45) is 7.08. The van der Waals surface area contributed by atoms with Crippen LogP contribution in [0.2, 0.25) is 0 Å². The molecule has 0 bridgehead atoms. The fourth-order valence-electron chi connectivity index (χ4n) is 6.24. The van der Waals surface area contributed by atoms with E-state index in [-0.39, 0.29) is 0 Å². The highest BCUT2D eigenvalue weighted by atomic mass is 16.5. The van der Waals surface area contributed by atoms with Crippen LogP contribution in [-0.4, -0.2) is 54.3 Å². The SMILES string of the molecule is CCCOc1ccc(C2(O)CCN(Cc3ccccc3)CC2)cc1.CCCOc1ccc(C2=CCN(Cc3ccccc3)CC2)cc1. The van der Waals surface area contributed by atoms with E-state index in [1.54, 1.807) is 0 Å². The van der Waals surface area contributed by atoms with Crippen LogP contribution in [0.4, 0.5) is 0 Å². The Morgan fingerprint density at radius 3 is 1.62 bits per heavy atom. The third-order valence-corrected chi connectivity index (χ3v) is 9.04. The number of hydrogen-bond acceptors (Lipinski definition) is 5. The van der Waals surface area contributed by atoms with Crippen LogP contribution in [0.25, 0.3) is 5.57 Å². The van der Waals surface area contributed by atoms with Crippen LogP contribution < -0.4 is 9.47 Å². The van der Waals surface area contributed by atoms with Gasteiger partial charge in [0.1, 0.15) is 11.5 Å². The third-order valence-electron chi connectivity index (χ3n) is 9.04. The number of benzene rings is 4. The third kappa shape index (κ3) is 10.6. The first-order valence-electron chi connectivity index (χ1n) is 17.4. The minimum absolute atomic E-state index is 0.712. The monoisotopic (exact) mass is 632 g/mol. The standard InChI is InChI=1S/C21H27NO2.C21H25NO/c1-2-16-24-20-10-8-19(9-11-20)21(23)12-14-22(15-13-21)17-18-6-4-3-5-7-18;1-2-16-23-21-10-8-19(9-11-21)20-12-14-22(15-13-20)17-18-6-4-3-5-7-18/h3-11,23H,2,12-17H2,1H3;3-12H,2,13-17H2,1H3. The molecule has 1 fully saturated rings. The summed E-state index contributed by atoms with van der Waals surface area (Å²) in [5.74, 6) is 1.85. The Hall–Kier alpha value is -3.90. The molecule has 2 heterocycles. The van der Waals surface area contributed by atoms with Gasteiger partial charge in [0, 0.05) is 39.3 Å². The van der Waals surface area contributed by atoms with Crippen molar-refractivity contribution in [2.24, 2.45) is 0 Å². The first kappa shape index (κ1) is 34.4. The molecule has 5 heteroatoms. The number of aliphatic hydroxyl groups is 1. The minimum atomic E-state index is -0.712. The molecule has 0 unspecified atom stereocenters. The molecule has 0 spiro atoms. The van der Waals surface area contributed by atoms with Crippen molar-refractivity contribution in [3.8, 4) is 11.5 Å². The van der Waals surface area contributed by atoms with Crippen LogP contribution in [0.1, 0.15) is 68.2 Å². The van der Waals surface area contributed by atoms with Gasteiger partial charge >= 0.3 is 0 Å². The number of ether oxygens (including phenoxy) is 2. The minimum Gasteiger partial charge on any atom is -0.494 e. The van der Waals surface area contributed by atoms with Gasteiger partial charge in [0.15, 0.2) is 0 Å². The summed E-state index contributed by atoms with van der Waals surface area (Å²) in [5.41, 5.74) is 5.80. The molecule has 2 aliphatic rings. The van der Waals surface area contributed by atoms with E-state index < -0.39 is 5.60 Å². The quantitative estimate of drug-likeness (QED) is 0.169. The van der Waals surface area contributed by atoms with E-state index in [4.69, 9.17) is 9.47 Å². The number of rotatable bonds is 12. The van der Waals surface area contributed by atoms with Gasteiger partial charge in [0.2, 0.25) is 0 Å². The predicted molar refractivity (Wildman–Crippen MR) is 194 cm³/mol. The van der Waals surface area contributed by atoms with Crippen molar-refractivity contribution in [3.63, 3.8) is 0 Å².